The third kappa shape index (κ3) is 3.12. The Morgan fingerprint density at radius 1 is 1.42 bits per heavy atom. The quantitative estimate of drug-likeness (QED) is 0.654. The lowest BCUT2D eigenvalue weighted by atomic mass is 10.2. The van der Waals surface area contributed by atoms with Gasteiger partial charge in [-0.05, 0) is 12.1 Å². The van der Waals surface area contributed by atoms with E-state index < -0.39 is 4.92 Å². The summed E-state index contributed by atoms with van der Waals surface area (Å²) >= 11 is 0. The SMILES string of the molecule is Cc1nc(CNC(=O)c2ccc([N+](=O)[O-])cc2)no1. The second kappa shape index (κ2) is 5.25. The molecule has 8 heteroatoms. The van der Waals surface area contributed by atoms with Crippen molar-refractivity contribution in [2.45, 2.75) is 13.5 Å². The highest BCUT2D eigenvalue weighted by Crippen LogP contribution is 2.11. The van der Waals surface area contributed by atoms with E-state index in [-0.39, 0.29) is 18.1 Å². The fourth-order valence-corrected chi connectivity index (χ4v) is 1.41. The zero-order chi connectivity index (χ0) is 13.8. The summed E-state index contributed by atoms with van der Waals surface area (Å²) in [7, 11) is 0. The van der Waals surface area contributed by atoms with Gasteiger partial charge in [-0.1, -0.05) is 5.16 Å². The van der Waals surface area contributed by atoms with Gasteiger partial charge < -0.3 is 9.84 Å². The highest BCUT2D eigenvalue weighted by Gasteiger charge is 2.10. The van der Waals surface area contributed by atoms with E-state index in [0.29, 0.717) is 17.3 Å². The first-order chi connectivity index (χ1) is 9.06. The number of aryl methyl sites for hydroxylation is 1. The van der Waals surface area contributed by atoms with Gasteiger partial charge in [0.25, 0.3) is 11.6 Å². The highest BCUT2D eigenvalue weighted by atomic mass is 16.6. The lowest BCUT2D eigenvalue weighted by Gasteiger charge is -2.01. The predicted octanol–water partition coefficient (Wildman–Crippen LogP) is 1.22. The Morgan fingerprint density at radius 3 is 2.63 bits per heavy atom. The van der Waals surface area contributed by atoms with Crippen LogP contribution in [0.5, 0.6) is 0 Å². The zero-order valence-electron chi connectivity index (χ0n) is 9.99. The minimum atomic E-state index is -0.524. The minimum Gasteiger partial charge on any atom is -0.345 e. The number of rotatable bonds is 4. The fraction of sp³-hybridized carbons (Fsp3) is 0.182. The average Bonchev–Trinajstić information content (AvgIpc) is 2.82. The van der Waals surface area contributed by atoms with Crippen LogP contribution in [0.25, 0.3) is 0 Å². The first-order valence-electron chi connectivity index (χ1n) is 5.38. The zero-order valence-corrected chi connectivity index (χ0v) is 9.99. The van der Waals surface area contributed by atoms with Crippen molar-refractivity contribution >= 4 is 11.6 Å². The number of aromatic nitrogens is 2. The van der Waals surface area contributed by atoms with Crippen LogP contribution in [0, 0.1) is 17.0 Å². The lowest BCUT2D eigenvalue weighted by molar-refractivity contribution is -0.384. The second-order valence-electron chi connectivity index (χ2n) is 3.72. The first kappa shape index (κ1) is 12.7. The Hall–Kier alpha value is -2.77. The summed E-state index contributed by atoms with van der Waals surface area (Å²) < 4.78 is 4.76. The third-order valence-corrected chi connectivity index (χ3v) is 2.32. The van der Waals surface area contributed by atoms with Gasteiger partial charge in [-0.2, -0.15) is 4.98 Å². The van der Waals surface area contributed by atoms with Crippen LogP contribution in [0.15, 0.2) is 28.8 Å². The summed E-state index contributed by atoms with van der Waals surface area (Å²) in [6, 6.07) is 5.31. The number of nitrogens with one attached hydrogen (secondary N) is 1. The standard InChI is InChI=1S/C11H10N4O4/c1-7-13-10(14-19-7)6-12-11(16)8-2-4-9(5-3-8)15(17)18/h2-5H,6H2,1H3,(H,12,16). The van der Waals surface area contributed by atoms with Gasteiger partial charge in [-0.25, -0.2) is 0 Å². The molecule has 1 aromatic carbocycles. The van der Waals surface area contributed by atoms with Crippen LogP contribution in [-0.4, -0.2) is 21.0 Å². The molecule has 0 aliphatic carbocycles. The number of carbonyl (C=O) groups is 1. The smallest absolute Gasteiger partial charge is 0.269 e. The van der Waals surface area contributed by atoms with Gasteiger partial charge in [0.05, 0.1) is 11.5 Å². The Morgan fingerprint density at radius 2 is 2.11 bits per heavy atom. The number of nitrogens with zero attached hydrogens (tertiary/aromatic N) is 3. The summed E-state index contributed by atoms with van der Waals surface area (Å²) in [4.78, 5) is 25.6. The van der Waals surface area contributed by atoms with Crippen LogP contribution in [0.1, 0.15) is 22.1 Å². The fourth-order valence-electron chi connectivity index (χ4n) is 1.41. The molecule has 0 saturated heterocycles. The third-order valence-electron chi connectivity index (χ3n) is 2.32. The first-order valence-corrected chi connectivity index (χ1v) is 5.38. The molecule has 98 valence electrons. The number of benzene rings is 1. The molecule has 1 N–H and O–H groups in total. The van der Waals surface area contributed by atoms with E-state index in [1.165, 1.54) is 24.3 Å². The maximum absolute atomic E-state index is 11.7. The molecular weight excluding hydrogens is 252 g/mol. The van der Waals surface area contributed by atoms with E-state index in [2.05, 4.69) is 15.5 Å². The Labute approximate surface area is 107 Å². The summed E-state index contributed by atoms with van der Waals surface area (Å²) in [6.45, 7) is 1.78. The summed E-state index contributed by atoms with van der Waals surface area (Å²) in [5, 5.41) is 16.7. The van der Waals surface area contributed by atoms with Gasteiger partial charge in [-0.15, -0.1) is 0 Å². The molecule has 1 aromatic heterocycles. The van der Waals surface area contributed by atoms with Crippen molar-refractivity contribution in [1.82, 2.24) is 15.5 Å². The summed E-state index contributed by atoms with van der Waals surface area (Å²) in [5.41, 5.74) is 0.260. The van der Waals surface area contributed by atoms with Crippen molar-refractivity contribution in [2.75, 3.05) is 0 Å². The molecule has 0 aliphatic rings. The van der Waals surface area contributed by atoms with Crippen LogP contribution in [-0.2, 0) is 6.54 Å². The molecule has 0 fully saturated rings. The minimum absolute atomic E-state index is 0.0645. The molecule has 0 aliphatic heterocycles. The molecule has 0 spiro atoms. The number of non-ortho nitro benzene ring substituents is 1. The van der Waals surface area contributed by atoms with Gasteiger partial charge in [0.2, 0.25) is 5.89 Å². The molecule has 1 heterocycles. The number of hydrogen-bond acceptors (Lipinski definition) is 6. The Balaban J connectivity index is 1.98. The van der Waals surface area contributed by atoms with E-state index >= 15 is 0 Å². The van der Waals surface area contributed by atoms with Gasteiger partial charge >= 0.3 is 0 Å². The average molecular weight is 262 g/mol. The number of nitro groups is 1. The molecule has 0 unspecified atom stereocenters. The van der Waals surface area contributed by atoms with Gasteiger partial charge in [-0.3, -0.25) is 14.9 Å². The van der Waals surface area contributed by atoms with E-state index in [0.717, 1.165) is 0 Å². The second-order valence-corrected chi connectivity index (χ2v) is 3.72. The normalized spacial score (nSPS) is 10.2. The van der Waals surface area contributed by atoms with E-state index in [1.807, 2.05) is 0 Å². The largest absolute Gasteiger partial charge is 0.345 e. The van der Waals surface area contributed by atoms with Crippen LogP contribution < -0.4 is 5.32 Å². The van der Waals surface area contributed by atoms with Crippen LogP contribution in [0.2, 0.25) is 0 Å². The van der Waals surface area contributed by atoms with Crippen molar-refractivity contribution in [3.8, 4) is 0 Å². The molecule has 2 rings (SSSR count). The number of carbonyl (C=O) groups excluding carboxylic acids is 1. The monoisotopic (exact) mass is 262 g/mol. The van der Waals surface area contributed by atoms with E-state index in [9.17, 15) is 14.9 Å². The van der Waals surface area contributed by atoms with Crippen molar-refractivity contribution in [3.05, 3.63) is 51.7 Å². The van der Waals surface area contributed by atoms with Gasteiger partial charge in [0.15, 0.2) is 5.82 Å². The lowest BCUT2D eigenvalue weighted by Crippen LogP contribution is -2.23. The van der Waals surface area contributed by atoms with Gasteiger partial charge in [0.1, 0.15) is 0 Å². The molecule has 0 radical (unpaired) electrons. The molecule has 0 atom stereocenters. The molecular formula is C11H10N4O4. The predicted molar refractivity (Wildman–Crippen MR) is 63.3 cm³/mol. The van der Waals surface area contributed by atoms with Gasteiger partial charge in [0, 0.05) is 24.6 Å². The maximum atomic E-state index is 11.7. The van der Waals surface area contributed by atoms with Crippen molar-refractivity contribution in [3.63, 3.8) is 0 Å². The van der Waals surface area contributed by atoms with Crippen LogP contribution in [0.4, 0.5) is 5.69 Å². The molecule has 2 aromatic rings. The molecule has 1 amide bonds. The molecule has 19 heavy (non-hydrogen) atoms. The van der Waals surface area contributed by atoms with Crippen LogP contribution >= 0.6 is 0 Å². The molecule has 0 saturated carbocycles. The van der Waals surface area contributed by atoms with Crippen molar-refractivity contribution < 1.29 is 14.2 Å². The number of nitro benzene ring substituents is 1. The highest BCUT2D eigenvalue weighted by molar-refractivity contribution is 5.94. The van der Waals surface area contributed by atoms with Crippen molar-refractivity contribution in [1.29, 1.82) is 0 Å². The van der Waals surface area contributed by atoms with Crippen molar-refractivity contribution in [2.24, 2.45) is 0 Å². The number of hydrogen-bond donors (Lipinski definition) is 1. The van der Waals surface area contributed by atoms with E-state index in [4.69, 9.17) is 4.52 Å². The Kier molecular flexibility index (Phi) is 3.51. The molecule has 0 bridgehead atoms. The van der Waals surface area contributed by atoms with E-state index in [1.54, 1.807) is 6.92 Å². The topological polar surface area (TPSA) is 111 Å². The maximum Gasteiger partial charge on any atom is 0.269 e. The summed E-state index contributed by atoms with van der Waals surface area (Å²) in [6.07, 6.45) is 0. The van der Waals surface area contributed by atoms with Crippen LogP contribution in [0.3, 0.4) is 0 Å². The number of amides is 1. The molecule has 8 nitrogen and oxygen atoms in total. The summed E-state index contributed by atoms with van der Waals surface area (Å²) in [5.74, 6) is 0.421. The Bertz CT molecular complexity index is 605.